The summed E-state index contributed by atoms with van der Waals surface area (Å²) >= 11 is 0. The Morgan fingerprint density at radius 1 is 1.17 bits per heavy atom. The van der Waals surface area contributed by atoms with Crippen molar-refractivity contribution in [2.75, 3.05) is 20.3 Å². The Balaban J connectivity index is 1.48. The fraction of sp³-hybridized carbons (Fsp3) is 0.448. The summed E-state index contributed by atoms with van der Waals surface area (Å²) < 4.78 is 12.1. The van der Waals surface area contributed by atoms with Crippen LogP contribution in [0.25, 0.3) is 10.9 Å². The normalized spacial score (nSPS) is 16.1. The molecule has 1 fully saturated rings. The third-order valence-electron chi connectivity index (χ3n) is 7.07. The van der Waals surface area contributed by atoms with E-state index in [0.717, 1.165) is 5.39 Å². The largest absolute Gasteiger partial charge is 0.496 e. The lowest BCUT2D eigenvalue weighted by Crippen LogP contribution is -2.53. The Morgan fingerprint density at radius 3 is 2.60 bits per heavy atom. The third-order valence-corrected chi connectivity index (χ3v) is 7.07. The Kier molecular flexibility index (Phi) is 9.60. The number of H-pyrrole nitrogens is 1. The molecule has 3 atom stereocenters. The van der Waals surface area contributed by atoms with E-state index in [1.165, 1.54) is 19.6 Å². The number of fused-ring (bicyclic) bond motifs is 1. The second-order valence-electron chi connectivity index (χ2n) is 10.8. The van der Waals surface area contributed by atoms with E-state index in [1.54, 1.807) is 29.8 Å². The topological polar surface area (TPSA) is 174 Å². The summed E-state index contributed by atoms with van der Waals surface area (Å²) in [4.78, 5) is 71.5. The van der Waals surface area contributed by atoms with Gasteiger partial charge in [-0.25, -0.2) is 9.78 Å². The van der Waals surface area contributed by atoms with Crippen molar-refractivity contribution in [1.82, 2.24) is 30.5 Å². The van der Waals surface area contributed by atoms with Crippen LogP contribution in [0.4, 0.5) is 0 Å². The average Bonchev–Trinajstić information content (AvgIpc) is 3.70. The number of rotatable bonds is 13. The van der Waals surface area contributed by atoms with Crippen LogP contribution in [0.15, 0.2) is 36.8 Å². The van der Waals surface area contributed by atoms with Crippen molar-refractivity contribution in [1.29, 1.82) is 0 Å². The van der Waals surface area contributed by atoms with Crippen LogP contribution in [0.5, 0.6) is 5.75 Å². The van der Waals surface area contributed by atoms with E-state index < -0.39 is 48.2 Å². The van der Waals surface area contributed by atoms with Crippen molar-refractivity contribution in [3.8, 4) is 5.75 Å². The summed E-state index contributed by atoms with van der Waals surface area (Å²) in [7, 11) is 3.23. The molecule has 0 unspecified atom stereocenters. The number of nitrogens with one attached hydrogen (secondary N) is 4. The molecule has 1 aliphatic heterocycles. The number of amides is 3. The van der Waals surface area contributed by atoms with Crippen LogP contribution in [0.2, 0.25) is 0 Å². The smallest absolute Gasteiger partial charge is 0.358 e. The number of aryl methyl sites for hydroxylation is 1. The van der Waals surface area contributed by atoms with Gasteiger partial charge in [0.05, 0.1) is 19.5 Å². The Morgan fingerprint density at radius 2 is 1.95 bits per heavy atom. The molecule has 4 rings (SSSR count). The van der Waals surface area contributed by atoms with Gasteiger partial charge in [0.25, 0.3) is 5.91 Å². The lowest BCUT2D eigenvalue weighted by molar-refractivity contribution is -0.131. The molecule has 42 heavy (non-hydrogen) atoms. The average molecular weight is 581 g/mol. The lowest BCUT2D eigenvalue weighted by atomic mass is 9.95. The molecule has 0 spiro atoms. The second-order valence-corrected chi connectivity index (χ2v) is 10.8. The molecule has 2 aromatic heterocycles. The summed E-state index contributed by atoms with van der Waals surface area (Å²) in [6.07, 6.45) is 3.71. The zero-order valence-corrected chi connectivity index (χ0v) is 24.1. The first-order valence-electron chi connectivity index (χ1n) is 13.8. The summed E-state index contributed by atoms with van der Waals surface area (Å²) in [5.41, 5.74) is 0.980. The maximum absolute atomic E-state index is 13.5. The van der Waals surface area contributed by atoms with Gasteiger partial charge in [-0.05, 0) is 43.4 Å². The van der Waals surface area contributed by atoms with Crippen molar-refractivity contribution in [3.63, 3.8) is 0 Å². The zero-order valence-electron chi connectivity index (χ0n) is 24.1. The second kappa shape index (κ2) is 13.3. The molecule has 0 aliphatic carbocycles. The number of hydrogen-bond donors (Lipinski definition) is 4. The summed E-state index contributed by atoms with van der Waals surface area (Å²) in [5, 5.41) is 8.93. The first-order valence-corrected chi connectivity index (χ1v) is 13.8. The first kappa shape index (κ1) is 30.3. The van der Waals surface area contributed by atoms with Gasteiger partial charge in [0.2, 0.25) is 11.8 Å². The van der Waals surface area contributed by atoms with Crippen LogP contribution in [0.1, 0.15) is 54.1 Å². The van der Waals surface area contributed by atoms with Gasteiger partial charge in [-0.2, -0.15) is 0 Å². The molecular formula is C29H36N6O7. The molecule has 13 heteroatoms. The predicted molar refractivity (Wildman–Crippen MR) is 152 cm³/mol. The van der Waals surface area contributed by atoms with E-state index >= 15 is 0 Å². The number of ketones is 1. The van der Waals surface area contributed by atoms with Crippen LogP contribution in [-0.2, 0) is 26.2 Å². The van der Waals surface area contributed by atoms with Crippen LogP contribution >= 0.6 is 0 Å². The molecule has 3 aromatic rings. The minimum Gasteiger partial charge on any atom is -0.496 e. The van der Waals surface area contributed by atoms with Crippen molar-refractivity contribution in [2.45, 2.75) is 45.2 Å². The number of methoxy groups -OCH3 is 1. The maximum Gasteiger partial charge on any atom is 0.358 e. The van der Waals surface area contributed by atoms with Gasteiger partial charge >= 0.3 is 5.97 Å². The highest BCUT2D eigenvalue weighted by atomic mass is 16.5. The van der Waals surface area contributed by atoms with Crippen LogP contribution in [0.3, 0.4) is 0 Å². The number of nitrogens with zero attached hydrogens (tertiary/aromatic N) is 2. The van der Waals surface area contributed by atoms with Gasteiger partial charge in [-0.1, -0.05) is 19.9 Å². The Bertz CT molecular complexity index is 1480. The third kappa shape index (κ3) is 7.33. The monoisotopic (exact) mass is 580 g/mol. The number of Topliss-reactive ketones (excluding diaryl/α,β-unsaturated/α-hetero) is 1. The van der Waals surface area contributed by atoms with Gasteiger partial charge in [-0.3, -0.25) is 19.2 Å². The Labute approximate surface area is 242 Å². The van der Waals surface area contributed by atoms with Gasteiger partial charge < -0.3 is 35.0 Å². The van der Waals surface area contributed by atoms with Crippen LogP contribution < -0.4 is 20.7 Å². The van der Waals surface area contributed by atoms with Crippen molar-refractivity contribution in [2.24, 2.45) is 18.9 Å². The van der Waals surface area contributed by atoms with E-state index in [2.05, 4.69) is 25.9 Å². The predicted octanol–water partition coefficient (Wildman–Crippen LogP) is 1.49. The molecule has 1 saturated heterocycles. The van der Waals surface area contributed by atoms with E-state index in [9.17, 15) is 24.0 Å². The molecule has 224 valence electrons. The van der Waals surface area contributed by atoms with Crippen molar-refractivity contribution >= 4 is 40.4 Å². The van der Waals surface area contributed by atoms with E-state index in [-0.39, 0.29) is 29.6 Å². The van der Waals surface area contributed by atoms with Crippen LogP contribution in [0, 0.1) is 11.8 Å². The highest BCUT2D eigenvalue weighted by Gasteiger charge is 2.34. The SMILES string of the molecule is COc1cccc2[nH]c(C(=O)N[C@@H](CC(C)C)C(=O)N[C@@H](C[C@@H]3CCNC3=O)C(=O)COC(=O)c3cn(C)cn3)cc12. The molecule has 1 aliphatic rings. The van der Waals surface area contributed by atoms with E-state index in [4.69, 9.17) is 9.47 Å². The molecule has 3 heterocycles. The first-order chi connectivity index (χ1) is 20.0. The maximum atomic E-state index is 13.5. The molecule has 13 nitrogen and oxygen atoms in total. The highest BCUT2D eigenvalue weighted by molar-refractivity contribution is 6.02. The minimum atomic E-state index is -1.12. The minimum absolute atomic E-state index is 0.0259. The highest BCUT2D eigenvalue weighted by Crippen LogP contribution is 2.26. The molecule has 1 aromatic carbocycles. The molecule has 0 bridgehead atoms. The molecule has 4 N–H and O–H groups in total. The quantitative estimate of drug-likeness (QED) is 0.220. The molecule has 3 amide bonds. The number of aromatic amines is 1. The van der Waals surface area contributed by atoms with Gasteiger partial charge in [0, 0.05) is 36.6 Å². The summed E-state index contributed by atoms with van der Waals surface area (Å²) in [6.45, 7) is 3.66. The molecular weight excluding hydrogens is 544 g/mol. The standard InChI is InChI=1S/C29H36N6O7/c1-16(2)10-21(34-28(39)22-12-18-19(32-22)6-5-7-25(18)41-4)27(38)33-20(11-17-8-9-30-26(17)37)24(36)14-42-29(40)23-13-35(3)15-31-23/h5-7,12-13,15-17,20-21,32H,8-11,14H2,1-4H3,(H,30,37)(H,33,38)(H,34,39)/t17-,20-,21-/m0/s1. The molecule has 0 saturated carbocycles. The number of benzene rings is 1. The van der Waals surface area contributed by atoms with E-state index in [0.29, 0.717) is 30.7 Å². The lowest BCUT2D eigenvalue weighted by Gasteiger charge is -2.25. The van der Waals surface area contributed by atoms with Gasteiger partial charge in [0.15, 0.2) is 18.1 Å². The van der Waals surface area contributed by atoms with Crippen molar-refractivity contribution in [3.05, 3.63) is 48.2 Å². The number of esters is 1. The number of carbonyl (C=O) groups excluding carboxylic acids is 5. The summed E-state index contributed by atoms with van der Waals surface area (Å²) in [5.74, 6) is -2.54. The van der Waals surface area contributed by atoms with Gasteiger partial charge in [0.1, 0.15) is 17.5 Å². The number of aromatic nitrogens is 3. The fourth-order valence-corrected chi connectivity index (χ4v) is 4.89. The van der Waals surface area contributed by atoms with Crippen molar-refractivity contribution < 1.29 is 33.4 Å². The molecule has 0 radical (unpaired) electrons. The Hall–Kier alpha value is -4.68. The van der Waals surface area contributed by atoms with Crippen LogP contribution in [-0.4, -0.2) is 76.4 Å². The fourth-order valence-electron chi connectivity index (χ4n) is 4.89. The zero-order chi connectivity index (χ0) is 30.4. The summed E-state index contributed by atoms with van der Waals surface area (Å²) in [6, 6.07) is 4.94. The number of imidazole rings is 1. The number of hydrogen-bond acceptors (Lipinski definition) is 8. The van der Waals surface area contributed by atoms with Gasteiger partial charge in [-0.15, -0.1) is 0 Å². The van der Waals surface area contributed by atoms with E-state index in [1.807, 2.05) is 19.9 Å². The number of ether oxygens (including phenoxy) is 2. The number of carbonyl (C=O) groups is 5.